The van der Waals surface area contributed by atoms with Crippen LogP contribution in [0.4, 0.5) is 0 Å². The fraction of sp³-hybridized carbons (Fsp3) is 0.500. The number of hydrogen-bond donors (Lipinski definition) is 0. The number of esters is 2. The highest BCUT2D eigenvalue weighted by atomic mass is 16.6. The highest BCUT2D eigenvalue weighted by molar-refractivity contribution is 5.94. The highest BCUT2D eigenvalue weighted by Gasteiger charge is 2.29. The predicted molar refractivity (Wildman–Crippen MR) is 57.6 cm³/mol. The lowest BCUT2D eigenvalue weighted by Crippen LogP contribution is -2.15. The van der Waals surface area contributed by atoms with E-state index < -0.39 is 5.97 Å². The van der Waals surface area contributed by atoms with Crippen LogP contribution >= 0.6 is 0 Å². The monoisotopic (exact) mass is 238 g/mol. The quantitative estimate of drug-likeness (QED) is 0.538. The Morgan fingerprint density at radius 3 is 2.76 bits per heavy atom. The molecule has 2 rings (SSSR count). The summed E-state index contributed by atoms with van der Waals surface area (Å²) in [6, 6.07) is 0. The van der Waals surface area contributed by atoms with Crippen molar-refractivity contribution in [1.29, 1.82) is 0 Å². The van der Waals surface area contributed by atoms with Crippen LogP contribution in [0.25, 0.3) is 0 Å². The lowest BCUT2D eigenvalue weighted by molar-refractivity contribution is -0.137. The zero-order valence-electron chi connectivity index (χ0n) is 9.65. The summed E-state index contributed by atoms with van der Waals surface area (Å²) in [6.07, 6.45) is 4.31. The fourth-order valence-corrected chi connectivity index (χ4v) is 1.82. The average Bonchev–Trinajstić information content (AvgIpc) is 2.77. The van der Waals surface area contributed by atoms with Crippen molar-refractivity contribution in [2.24, 2.45) is 0 Å². The third-order valence-electron chi connectivity index (χ3n) is 2.64. The minimum absolute atomic E-state index is 0.248. The Bertz CT molecular complexity index is 405. The summed E-state index contributed by atoms with van der Waals surface area (Å²) < 4.78 is 15.1. The van der Waals surface area contributed by atoms with E-state index in [1.807, 2.05) is 6.08 Å². The number of carbonyl (C=O) groups is 2. The standard InChI is InChI=1S/C12H14O5/c1-15-12(14)11(8-4-2-3-7-16-8)9-5-6-10(13)17-9/h4H,2-3,5-7H2,1H3/b11-9+. The first-order valence-corrected chi connectivity index (χ1v) is 5.58. The predicted octanol–water partition coefficient (Wildman–Crippen LogP) is 1.44. The Labute approximate surface area is 99.0 Å². The van der Waals surface area contributed by atoms with Crippen LogP contribution in [0.1, 0.15) is 25.7 Å². The molecule has 0 aromatic carbocycles. The van der Waals surface area contributed by atoms with Gasteiger partial charge in [-0.25, -0.2) is 4.79 Å². The van der Waals surface area contributed by atoms with Crippen molar-refractivity contribution in [2.75, 3.05) is 13.7 Å². The van der Waals surface area contributed by atoms with E-state index in [-0.39, 0.29) is 11.5 Å². The van der Waals surface area contributed by atoms with E-state index in [1.54, 1.807) is 0 Å². The van der Waals surface area contributed by atoms with Crippen LogP contribution in [0.2, 0.25) is 0 Å². The van der Waals surface area contributed by atoms with Gasteiger partial charge in [0.1, 0.15) is 17.1 Å². The summed E-state index contributed by atoms with van der Waals surface area (Å²) in [4.78, 5) is 22.8. The number of carbonyl (C=O) groups excluding carboxylic acids is 2. The molecular formula is C12H14O5. The van der Waals surface area contributed by atoms with Crippen molar-refractivity contribution in [3.63, 3.8) is 0 Å². The second kappa shape index (κ2) is 5.03. The third-order valence-corrected chi connectivity index (χ3v) is 2.64. The number of methoxy groups -OCH3 is 1. The molecule has 0 spiro atoms. The van der Waals surface area contributed by atoms with Crippen molar-refractivity contribution in [1.82, 2.24) is 0 Å². The molecule has 1 fully saturated rings. The number of hydrogen-bond acceptors (Lipinski definition) is 5. The Kier molecular flexibility index (Phi) is 3.46. The van der Waals surface area contributed by atoms with Crippen LogP contribution in [-0.4, -0.2) is 25.7 Å². The van der Waals surface area contributed by atoms with Gasteiger partial charge in [0.2, 0.25) is 0 Å². The van der Waals surface area contributed by atoms with Crippen LogP contribution in [0.15, 0.2) is 23.2 Å². The molecule has 2 aliphatic rings. The molecule has 5 nitrogen and oxygen atoms in total. The largest absolute Gasteiger partial charge is 0.493 e. The number of ether oxygens (including phenoxy) is 3. The molecule has 2 aliphatic heterocycles. The van der Waals surface area contributed by atoms with Crippen LogP contribution in [0.3, 0.4) is 0 Å². The Balaban J connectivity index is 2.34. The van der Waals surface area contributed by atoms with Gasteiger partial charge < -0.3 is 14.2 Å². The van der Waals surface area contributed by atoms with E-state index >= 15 is 0 Å². The highest BCUT2D eigenvalue weighted by Crippen LogP contribution is 2.29. The molecule has 0 unspecified atom stereocenters. The van der Waals surface area contributed by atoms with Crippen LogP contribution in [-0.2, 0) is 23.8 Å². The Hall–Kier alpha value is -1.78. The van der Waals surface area contributed by atoms with E-state index in [4.69, 9.17) is 14.2 Å². The van der Waals surface area contributed by atoms with Gasteiger partial charge in [0.15, 0.2) is 0 Å². The van der Waals surface area contributed by atoms with Gasteiger partial charge >= 0.3 is 11.9 Å². The molecule has 0 radical (unpaired) electrons. The van der Waals surface area contributed by atoms with E-state index in [9.17, 15) is 9.59 Å². The molecule has 0 N–H and O–H groups in total. The summed E-state index contributed by atoms with van der Waals surface area (Å²) in [5.41, 5.74) is 0.248. The Morgan fingerprint density at radius 2 is 2.24 bits per heavy atom. The zero-order chi connectivity index (χ0) is 12.3. The van der Waals surface area contributed by atoms with Gasteiger partial charge in [-0.1, -0.05) is 0 Å². The van der Waals surface area contributed by atoms with Crippen LogP contribution in [0, 0.1) is 0 Å². The summed E-state index contributed by atoms with van der Waals surface area (Å²) >= 11 is 0. The van der Waals surface area contributed by atoms with Crippen LogP contribution in [0.5, 0.6) is 0 Å². The molecule has 5 heteroatoms. The first-order valence-electron chi connectivity index (χ1n) is 5.58. The van der Waals surface area contributed by atoms with Gasteiger partial charge in [0.25, 0.3) is 0 Å². The smallest absolute Gasteiger partial charge is 0.345 e. The molecule has 0 aromatic rings. The Morgan fingerprint density at radius 1 is 1.41 bits per heavy atom. The van der Waals surface area contributed by atoms with Crippen molar-refractivity contribution < 1.29 is 23.8 Å². The van der Waals surface area contributed by atoms with Gasteiger partial charge in [-0.2, -0.15) is 0 Å². The van der Waals surface area contributed by atoms with Crippen molar-refractivity contribution in [2.45, 2.75) is 25.7 Å². The summed E-state index contributed by atoms with van der Waals surface area (Å²) in [5, 5.41) is 0. The van der Waals surface area contributed by atoms with Gasteiger partial charge in [-0.05, 0) is 18.9 Å². The molecule has 0 bridgehead atoms. The first kappa shape index (κ1) is 11.7. The molecule has 2 heterocycles. The second-order valence-corrected chi connectivity index (χ2v) is 3.82. The maximum Gasteiger partial charge on any atom is 0.345 e. The summed E-state index contributed by atoms with van der Waals surface area (Å²) in [7, 11) is 1.29. The molecule has 0 amide bonds. The van der Waals surface area contributed by atoms with Crippen molar-refractivity contribution >= 4 is 11.9 Å². The first-order chi connectivity index (χ1) is 8.22. The maximum atomic E-state index is 11.7. The molecule has 1 saturated heterocycles. The van der Waals surface area contributed by atoms with Gasteiger partial charge in [0, 0.05) is 6.42 Å². The van der Waals surface area contributed by atoms with Gasteiger partial charge in [-0.3, -0.25) is 4.79 Å². The SMILES string of the molecule is COC(=O)/C(C1=CCCCO1)=C1\CCC(=O)O1. The van der Waals surface area contributed by atoms with Crippen molar-refractivity contribution in [3.05, 3.63) is 23.2 Å². The molecule has 0 aromatic heterocycles. The van der Waals surface area contributed by atoms with Crippen LogP contribution < -0.4 is 0 Å². The molecular weight excluding hydrogens is 224 g/mol. The maximum absolute atomic E-state index is 11.7. The summed E-state index contributed by atoms with van der Waals surface area (Å²) in [5.74, 6) is -0.0246. The molecule has 92 valence electrons. The molecule has 0 atom stereocenters. The van der Waals surface area contributed by atoms with Gasteiger partial charge in [0.05, 0.1) is 20.1 Å². The van der Waals surface area contributed by atoms with E-state index in [2.05, 4.69) is 0 Å². The lowest BCUT2D eigenvalue weighted by Gasteiger charge is -2.17. The zero-order valence-corrected chi connectivity index (χ0v) is 9.65. The molecule has 0 aliphatic carbocycles. The van der Waals surface area contributed by atoms with E-state index in [1.165, 1.54) is 7.11 Å². The van der Waals surface area contributed by atoms with Gasteiger partial charge in [-0.15, -0.1) is 0 Å². The second-order valence-electron chi connectivity index (χ2n) is 3.82. The topological polar surface area (TPSA) is 61.8 Å². The summed E-state index contributed by atoms with van der Waals surface area (Å²) in [6.45, 7) is 0.563. The van der Waals surface area contributed by atoms with E-state index in [0.717, 1.165) is 12.8 Å². The minimum atomic E-state index is -0.525. The molecule has 0 saturated carbocycles. The van der Waals surface area contributed by atoms with Crippen molar-refractivity contribution in [3.8, 4) is 0 Å². The fourth-order valence-electron chi connectivity index (χ4n) is 1.82. The van der Waals surface area contributed by atoms with E-state index in [0.29, 0.717) is 31.0 Å². The number of cyclic esters (lactones) is 1. The lowest BCUT2D eigenvalue weighted by atomic mass is 10.1. The number of rotatable bonds is 2. The average molecular weight is 238 g/mol. The third kappa shape index (κ3) is 2.49. The normalized spacial score (nSPS) is 22.4. The molecule has 17 heavy (non-hydrogen) atoms. The minimum Gasteiger partial charge on any atom is -0.493 e. The number of allylic oxidation sites excluding steroid dienone is 2.